The summed E-state index contributed by atoms with van der Waals surface area (Å²) in [6.45, 7) is 3.21. The molecule has 2 aromatic carbocycles. The third-order valence-electron chi connectivity index (χ3n) is 2.92. The predicted molar refractivity (Wildman–Crippen MR) is 71.1 cm³/mol. The topological polar surface area (TPSA) is 74.6 Å². The van der Waals surface area contributed by atoms with Gasteiger partial charge in [0.2, 0.25) is 9.84 Å². The summed E-state index contributed by atoms with van der Waals surface area (Å²) in [5.41, 5.74) is 0.898. The fraction of sp³-hybridized carbons (Fsp3) is 0.143. The Morgan fingerprint density at radius 1 is 0.895 bits per heavy atom. The highest BCUT2D eigenvalue weighted by atomic mass is 32.2. The maximum atomic E-state index is 12.5. The smallest absolute Gasteiger partial charge is 0.210 e. The first-order chi connectivity index (χ1) is 8.84. The van der Waals surface area contributed by atoms with Gasteiger partial charge in [0.05, 0.1) is 4.90 Å². The molecule has 0 radical (unpaired) electrons. The van der Waals surface area contributed by atoms with Gasteiger partial charge in [-0.3, -0.25) is 0 Å². The van der Waals surface area contributed by atoms with Crippen LogP contribution in [0.3, 0.4) is 0 Å². The first-order valence-electron chi connectivity index (χ1n) is 5.67. The molecule has 0 atom stereocenters. The van der Waals surface area contributed by atoms with Gasteiger partial charge in [0.15, 0.2) is 0 Å². The number of phenolic OH excluding ortho intramolecular Hbond substituents is 2. The first-order valence-corrected chi connectivity index (χ1v) is 7.15. The van der Waals surface area contributed by atoms with Crippen molar-refractivity contribution < 1.29 is 18.6 Å². The number of hydrogen-bond acceptors (Lipinski definition) is 4. The molecule has 0 aliphatic heterocycles. The van der Waals surface area contributed by atoms with Crippen molar-refractivity contribution >= 4 is 9.84 Å². The van der Waals surface area contributed by atoms with Crippen LogP contribution in [0, 0.1) is 13.8 Å². The molecule has 0 aromatic heterocycles. The molecule has 0 saturated carbocycles. The number of hydrogen-bond donors (Lipinski definition) is 2. The molecule has 2 N–H and O–H groups in total. The van der Waals surface area contributed by atoms with Crippen molar-refractivity contribution in [1.29, 1.82) is 0 Å². The SMILES string of the molecule is Cc1ccccc1S(=O)(=O)c1cc(O)cc(C)c1O. The van der Waals surface area contributed by atoms with Crippen LogP contribution in [0.4, 0.5) is 0 Å². The van der Waals surface area contributed by atoms with Crippen LogP contribution in [-0.4, -0.2) is 18.6 Å². The zero-order valence-electron chi connectivity index (χ0n) is 10.6. The molecule has 5 heteroatoms. The van der Waals surface area contributed by atoms with Crippen LogP contribution >= 0.6 is 0 Å². The second-order valence-electron chi connectivity index (χ2n) is 4.38. The van der Waals surface area contributed by atoms with Crippen LogP contribution in [0.1, 0.15) is 11.1 Å². The number of aromatic hydroxyl groups is 2. The Balaban J connectivity index is 2.75. The van der Waals surface area contributed by atoms with E-state index in [2.05, 4.69) is 0 Å². The minimum absolute atomic E-state index is 0.121. The zero-order chi connectivity index (χ0) is 14.2. The zero-order valence-corrected chi connectivity index (χ0v) is 11.4. The molecule has 0 aliphatic rings. The van der Waals surface area contributed by atoms with Gasteiger partial charge in [-0.25, -0.2) is 8.42 Å². The summed E-state index contributed by atoms with van der Waals surface area (Å²) in [4.78, 5) is -0.158. The fourth-order valence-electron chi connectivity index (χ4n) is 1.91. The molecule has 19 heavy (non-hydrogen) atoms. The van der Waals surface area contributed by atoms with Crippen LogP contribution in [0.2, 0.25) is 0 Å². The van der Waals surface area contributed by atoms with E-state index in [1.54, 1.807) is 25.1 Å². The molecule has 0 spiro atoms. The van der Waals surface area contributed by atoms with Crippen molar-refractivity contribution in [3.05, 3.63) is 47.5 Å². The molecule has 0 saturated heterocycles. The summed E-state index contributed by atoms with van der Waals surface area (Å²) >= 11 is 0. The van der Waals surface area contributed by atoms with Crippen LogP contribution in [0.15, 0.2) is 46.2 Å². The third-order valence-corrected chi connectivity index (χ3v) is 4.85. The van der Waals surface area contributed by atoms with Gasteiger partial charge in [-0.05, 0) is 37.1 Å². The van der Waals surface area contributed by atoms with Gasteiger partial charge in [-0.2, -0.15) is 0 Å². The van der Waals surface area contributed by atoms with E-state index < -0.39 is 9.84 Å². The predicted octanol–water partition coefficient (Wildman–Crippen LogP) is 2.55. The molecule has 0 amide bonds. The number of phenols is 2. The average Bonchev–Trinajstić information content (AvgIpc) is 2.34. The summed E-state index contributed by atoms with van der Waals surface area (Å²) in [5.74, 6) is -0.525. The van der Waals surface area contributed by atoms with Gasteiger partial charge in [-0.1, -0.05) is 18.2 Å². The first kappa shape index (κ1) is 13.4. The monoisotopic (exact) mass is 278 g/mol. The molecular formula is C14H14O4S. The van der Waals surface area contributed by atoms with Gasteiger partial charge in [-0.15, -0.1) is 0 Å². The summed E-state index contributed by atoms with van der Waals surface area (Å²) in [7, 11) is -3.86. The van der Waals surface area contributed by atoms with E-state index in [1.165, 1.54) is 19.1 Å². The lowest BCUT2D eigenvalue weighted by Crippen LogP contribution is -2.05. The van der Waals surface area contributed by atoms with Crippen molar-refractivity contribution in [2.75, 3.05) is 0 Å². The Bertz CT molecular complexity index is 733. The number of rotatable bonds is 2. The lowest BCUT2D eigenvalue weighted by molar-refractivity contribution is 0.441. The van der Waals surface area contributed by atoms with E-state index >= 15 is 0 Å². The largest absolute Gasteiger partial charge is 0.508 e. The van der Waals surface area contributed by atoms with Gasteiger partial charge in [0, 0.05) is 6.07 Å². The molecule has 0 aliphatic carbocycles. The molecule has 0 fully saturated rings. The summed E-state index contributed by atoms with van der Waals surface area (Å²) < 4.78 is 25.0. The standard InChI is InChI=1S/C14H14O4S/c1-9-5-3-4-6-12(9)19(17,18)13-8-11(15)7-10(2)14(13)16/h3-8,15-16H,1-2H3. The number of sulfone groups is 1. The summed E-state index contributed by atoms with van der Waals surface area (Å²) in [6.07, 6.45) is 0. The summed E-state index contributed by atoms with van der Waals surface area (Å²) in [6, 6.07) is 8.88. The molecule has 4 nitrogen and oxygen atoms in total. The van der Waals surface area contributed by atoms with Crippen molar-refractivity contribution in [3.8, 4) is 11.5 Å². The Morgan fingerprint density at radius 3 is 2.16 bits per heavy atom. The van der Waals surface area contributed by atoms with E-state index in [0.29, 0.717) is 11.1 Å². The fourth-order valence-corrected chi connectivity index (χ4v) is 3.59. The van der Waals surface area contributed by atoms with Crippen molar-refractivity contribution in [3.63, 3.8) is 0 Å². The van der Waals surface area contributed by atoms with Crippen LogP contribution in [0.5, 0.6) is 11.5 Å². The third kappa shape index (κ3) is 2.29. The van der Waals surface area contributed by atoms with Gasteiger partial charge >= 0.3 is 0 Å². The second kappa shape index (κ2) is 4.59. The lowest BCUT2D eigenvalue weighted by atomic mass is 10.2. The lowest BCUT2D eigenvalue weighted by Gasteiger charge is -2.11. The van der Waals surface area contributed by atoms with Crippen molar-refractivity contribution in [1.82, 2.24) is 0 Å². The summed E-state index contributed by atoms with van der Waals surface area (Å²) in [5, 5.41) is 19.4. The molecule has 0 bridgehead atoms. The van der Waals surface area contributed by atoms with Gasteiger partial charge in [0.25, 0.3) is 0 Å². The molecule has 100 valence electrons. The van der Waals surface area contributed by atoms with E-state index in [-0.39, 0.29) is 21.3 Å². The minimum atomic E-state index is -3.86. The molecular weight excluding hydrogens is 264 g/mol. The maximum absolute atomic E-state index is 12.5. The molecule has 2 rings (SSSR count). The van der Waals surface area contributed by atoms with Gasteiger partial charge in [0.1, 0.15) is 16.4 Å². The van der Waals surface area contributed by atoms with E-state index in [9.17, 15) is 18.6 Å². The second-order valence-corrected chi connectivity index (χ2v) is 6.26. The van der Waals surface area contributed by atoms with Crippen LogP contribution in [0.25, 0.3) is 0 Å². The highest BCUT2D eigenvalue weighted by Crippen LogP contribution is 2.35. The highest BCUT2D eigenvalue weighted by Gasteiger charge is 2.24. The molecule has 2 aromatic rings. The quantitative estimate of drug-likeness (QED) is 0.828. The van der Waals surface area contributed by atoms with Gasteiger partial charge < -0.3 is 10.2 Å². The average molecular weight is 278 g/mol. The number of aryl methyl sites for hydroxylation is 2. The van der Waals surface area contributed by atoms with Crippen LogP contribution in [-0.2, 0) is 9.84 Å². The van der Waals surface area contributed by atoms with E-state index in [1.807, 2.05) is 0 Å². The highest BCUT2D eigenvalue weighted by molar-refractivity contribution is 7.91. The number of benzene rings is 2. The Morgan fingerprint density at radius 2 is 1.53 bits per heavy atom. The molecule has 0 unspecified atom stereocenters. The van der Waals surface area contributed by atoms with Crippen molar-refractivity contribution in [2.45, 2.75) is 23.6 Å². The Hall–Kier alpha value is -2.01. The Kier molecular flexibility index (Phi) is 3.24. The minimum Gasteiger partial charge on any atom is -0.508 e. The molecule has 0 heterocycles. The van der Waals surface area contributed by atoms with E-state index in [0.717, 1.165) is 6.07 Å². The van der Waals surface area contributed by atoms with E-state index in [4.69, 9.17) is 0 Å². The normalized spacial score (nSPS) is 11.5. The maximum Gasteiger partial charge on any atom is 0.210 e. The Labute approximate surface area is 111 Å². The van der Waals surface area contributed by atoms with Crippen molar-refractivity contribution in [2.24, 2.45) is 0 Å². The van der Waals surface area contributed by atoms with Crippen LogP contribution < -0.4 is 0 Å².